The Kier molecular flexibility index (Phi) is 3.45. The Labute approximate surface area is 103 Å². The molecule has 2 rings (SSSR count). The Morgan fingerprint density at radius 3 is 2.78 bits per heavy atom. The van der Waals surface area contributed by atoms with Gasteiger partial charge >= 0.3 is 0 Å². The minimum Gasteiger partial charge on any atom is -0.494 e. The summed E-state index contributed by atoms with van der Waals surface area (Å²) in [4.78, 5) is 0. The number of H-pyrrole nitrogens is 1. The molecule has 0 fully saturated rings. The van der Waals surface area contributed by atoms with Gasteiger partial charge in [-0.25, -0.2) is 9.82 Å². The van der Waals surface area contributed by atoms with Gasteiger partial charge in [-0.05, 0) is 6.07 Å². The Morgan fingerprint density at radius 2 is 2.22 bits per heavy atom. The number of halogens is 1. The average Bonchev–Trinajstić information content (AvgIpc) is 2.79. The number of methoxy groups -OCH3 is 1. The van der Waals surface area contributed by atoms with E-state index in [1.807, 2.05) is 0 Å². The number of rotatable bonds is 4. The minimum absolute atomic E-state index is 0.148. The number of hydrogen-bond donors (Lipinski definition) is 4. The van der Waals surface area contributed by atoms with Gasteiger partial charge in [-0.1, -0.05) is 12.1 Å². The predicted octanol–water partition coefficient (Wildman–Crippen LogP) is 0.692. The summed E-state index contributed by atoms with van der Waals surface area (Å²) in [7, 11) is 1.40. The monoisotopic (exact) mass is 251 g/mol. The number of hydrazine groups is 1. The van der Waals surface area contributed by atoms with E-state index in [1.54, 1.807) is 12.1 Å². The first-order chi connectivity index (χ1) is 8.69. The zero-order chi connectivity index (χ0) is 13.1. The van der Waals surface area contributed by atoms with Crippen molar-refractivity contribution >= 4 is 5.82 Å². The second-order valence-electron chi connectivity index (χ2n) is 3.70. The first-order valence-electron chi connectivity index (χ1n) is 5.26. The fourth-order valence-corrected chi connectivity index (χ4v) is 1.79. The second-order valence-corrected chi connectivity index (χ2v) is 3.70. The van der Waals surface area contributed by atoms with Crippen molar-refractivity contribution in [3.8, 4) is 5.75 Å². The van der Waals surface area contributed by atoms with Crippen molar-refractivity contribution in [1.82, 2.24) is 15.6 Å². The van der Waals surface area contributed by atoms with E-state index in [0.29, 0.717) is 16.9 Å². The topological polar surface area (TPSA) is 102 Å². The van der Waals surface area contributed by atoms with Crippen molar-refractivity contribution in [2.75, 3.05) is 12.8 Å². The van der Waals surface area contributed by atoms with Crippen LogP contribution in [0.15, 0.2) is 24.4 Å². The van der Waals surface area contributed by atoms with Crippen molar-refractivity contribution < 1.29 is 9.13 Å². The fraction of sp³-hybridized carbons (Fsp3) is 0.182. The molecule has 6 nitrogen and oxygen atoms in total. The zero-order valence-electron chi connectivity index (χ0n) is 9.77. The number of nitrogen functional groups attached to an aromatic ring is 1. The van der Waals surface area contributed by atoms with Gasteiger partial charge in [-0.15, -0.1) is 0 Å². The van der Waals surface area contributed by atoms with Crippen LogP contribution in [0.2, 0.25) is 0 Å². The molecule has 1 unspecified atom stereocenters. The van der Waals surface area contributed by atoms with Gasteiger partial charge in [0.25, 0.3) is 0 Å². The largest absolute Gasteiger partial charge is 0.494 e. The number of ether oxygens (including phenoxy) is 1. The van der Waals surface area contributed by atoms with Crippen LogP contribution < -0.4 is 21.7 Å². The van der Waals surface area contributed by atoms with Crippen LogP contribution in [0, 0.1) is 5.82 Å². The Hall–Kier alpha value is -2.12. The molecule has 0 saturated heterocycles. The standard InChI is InChI=1S/C11H14FN5O/c1-18-8-4-2-3-6(9(8)12)10(16-14)7-5-15-17-11(7)13/h2-5,10,16H,14H2,1H3,(H3,13,15,17). The van der Waals surface area contributed by atoms with E-state index in [1.165, 1.54) is 19.4 Å². The van der Waals surface area contributed by atoms with Crippen LogP contribution in [0.25, 0.3) is 0 Å². The predicted molar refractivity (Wildman–Crippen MR) is 65.1 cm³/mol. The molecule has 0 aliphatic carbocycles. The Morgan fingerprint density at radius 1 is 1.44 bits per heavy atom. The third kappa shape index (κ3) is 2.01. The summed E-state index contributed by atoms with van der Waals surface area (Å²) in [6, 6.07) is 4.22. The van der Waals surface area contributed by atoms with Crippen LogP contribution in [0.3, 0.4) is 0 Å². The molecular formula is C11H14FN5O. The lowest BCUT2D eigenvalue weighted by Gasteiger charge is -2.17. The molecule has 96 valence electrons. The summed E-state index contributed by atoms with van der Waals surface area (Å²) < 4.78 is 19.1. The number of nitrogens with two attached hydrogens (primary N) is 2. The van der Waals surface area contributed by atoms with Gasteiger partial charge in [0.15, 0.2) is 11.6 Å². The highest BCUT2D eigenvalue weighted by Gasteiger charge is 2.22. The summed E-state index contributed by atoms with van der Waals surface area (Å²) >= 11 is 0. The summed E-state index contributed by atoms with van der Waals surface area (Å²) in [6.07, 6.45) is 1.50. The number of nitrogens with one attached hydrogen (secondary N) is 2. The van der Waals surface area contributed by atoms with Crippen LogP contribution in [-0.2, 0) is 0 Å². The van der Waals surface area contributed by atoms with E-state index in [9.17, 15) is 4.39 Å². The number of anilines is 1. The van der Waals surface area contributed by atoms with E-state index in [-0.39, 0.29) is 5.75 Å². The van der Waals surface area contributed by atoms with Crippen LogP contribution in [0.1, 0.15) is 17.2 Å². The second kappa shape index (κ2) is 5.03. The third-order valence-corrected chi connectivity index (χ3v) is 2.70. The summed E-state index contributed by atoms with van der Waals surface area (Å²) in [5.41, 5.74) is 9.14. The van der Waals surface area contributed by atoms with E-state index < -0.39 is 11.9 Å². The van der Waals surface area contributed by atoms with Crippen LogP contribution in [-0.4, -0.2) is 17.3 Å². The molecule has 6 N–H and O–H groups in total. The SMILES string of the molecule is COc1cccc(C(NN)c2cn[nH]c2N)c1F. The maximum absolute atomic E-state index is 14.1. The molecule has 7 heteroatoms. The van der Waals surface area contributed by atoms with Crippen LogP contribution in [0.4, 0.5) is 10.2 Å². The molecule has 0 bridgehead atoms. The van der Waals surface area contributed by atoms with Crippen LogP contribution in [0.5, 0.6) is 5.75 Å². The third-order valence-electron chi connectivity index (χ3n) is 2.70. The fourth-order valence-electron chi connectivity index (χ4n) is 1.79. The quantitative estimate of drug-likeness (QED) is 0.473. The molecule has 0 amide bonds. The molecule has 0 aliphatic rings. The van der Waals surface area contributed by atoms with Gasteiger partial charge < -0.3 is 10.5 Å². The van der Waals surface area contributed by atoms with Gasteiger partial charge in [-0.3, -0.25) is 10.9 Å². The van der Waals surface area contributed by atoms with E-state index in [2.05, 4.69) is 15.6 Å². The first kappa shape index (κ1) is 12.3. The van der Waals surface area contributed by atoms with Gasteiger partial charge in [0, 0.05) is 11.1 Å². The molecule has 0 spiro atoms. The van der Waals surface area contributed by atoms with E-state index in [0.717, 1.165) is 0 Å². The molecule has 1 heterocycles. The van der Waals surface area contributed by atoms with E-state index >= 15 is 0 Å². The number of aromatic amines is 1. The van der Waals surface area contributed by atoms with Gasteiger partial charge in [-0.2, -0.15) is 5.10 Å². The molecular weight excluding hydrogens is 237 g/mol. The maximum atomic E-state index is 14.1. The van der Waals surface area contributed by atoms with Gasteiger partial charge in [0.05, 0.1) is 19.3 Å². The molecule has 1 aromatic heterocycles. The molecule has 1 aromatic carbocycles. The van der Waals surface area contributed by atoms with Gasteiger partial charge in [0.2, 0.25) is 0 Å². The minimum atomic E-state index is -0.598. The highest BCUT2D eigenvalue weighted by molar-refractivity contribution is 5.46. The molecule has 2 aromatic rings. The normalized spacial score (nSPS) is 12.4. The van der Waals surface area contributed by atoms with Gasteiger partial charge in [0.1, 0.15) is 5.82 Å². The van der Waals surface area contributed by atoms with Crippen molar-refractivity contribution in [2.45, 2.75) is 6.04 Å². The zero-order valence-corrected chi connectivity index (χ0v) is 9.77. The number of benzene rings is 1. The molecule has 0 saturated carbocycles. The molecule has 0 radical (unpaired) electrons. The lowest BCUT2D eigenvalue weighted by Crippen LogP contribution is -2.30. The van der Waals surface area contributed by atoms with E-state index in [4.69, 9.17) is 16.3 Å². The average molecular weight is 251 g/mol. The number of aromatic nitrogens is 2. The van der Waals surface area contributed by atoms with Crippen molar-refractivity contribution in [1.29, 1.82) is 0 Å². The lowest BCUT2D eigenvalue weighted by atomic mass is 10.0. The Balaban J connectivity index is 2.49. The first-order valence-corrected chi connectivity index (χ1v) is 5.26. The van der Waals surface area contributed by atoms with Crippen LogP contribution >= 0.6 is 0 Å². The van der Waals surface area contributed by atoms with Crippen molar-refractivity contribution in [3.05, 3.63) is 41.3 Å². The molecule has 18 heavy (non-hydrogen) atoms. The smallest absolute Gasteiger partial charge is 0.170 e. The highest BCUT2D eigenvalue weighted by atomic mass is 19.1. The Bertz CT molecular complexity index is 542. The van der Waals surface area contributed by atoms with Crippen molar-refractivity contribution in [3.63, 3.8) is 0 Å². The maximum Gasteiger partial charge on any atom is 0.170 e. The summed E-state index contributed by atoms with van der Waals surface area (Å²) in [5, 5.41) is 6.37. The summed E-state index contributed by atoms with van der Waals surface area (Å²) in [5.74, 6) is 5.47. The number of hydrogen-bond acceptors (Lipinski definition) is 5. The molecule has 0 aliphatic heterocycles. The summed E-state index contributed by atoms with van der Waals surface area (Å²) in [6.45, 7) is 0. The van der Waals surface area contributed by atoms with Crippen molar-refractivity contribution in [2.24, 2.45) is 5.84 Å². The molecule has 1 atom stereocenters. The lowest BCUT2D eigenvalue weighted by molar-refractivity contribution is 0.382. The highest BCUT2D eigenvalue weighted by Crippen LogP contribution is 2.30. The number of nitrogens with zero attached hydrogens (tertiary/aromatic N) is 1.